The second-order valence-corrected chi connectivity index (χ2v) is 10.7. The summed E-state index contributed by atoms with van der Waals surface area (Å²) in [4.78, 5) is 25.1. The fourth-order valence-electron chi connectivity index (χ4n) is 3.68. The quantitative estimate of drug-likeness (QED) is 0.382. The van der Waals surface area contributed by atoms with Crippen LogP contribution in [-0.4, -0.2) is 32.5 Å². The Balaban J connectivity index is 1.64. The van der Waals surface area contributed by atoms with Gasteiger partial charge >= 0.3 is 4.87 Å². The van der Waals surface area contributed by atoms with Crippen LogP contribution in [0.2, 0.25) is 0 Å². The molecule has 0 aliphatic carbocycles. The number of sulfonamides is 1. The Morgan fingerprint density at radius 1 is 1.06 bits per heavy atom. The van der Waals surface area contributed by atoms with Crippen LogP contribution in [0.4, 0.5) is 11.4 Å². The molecule has 182 valence electrons. The first-order valence-electron chi connectivity index (χ1n) is 10.9. The first-order chi connectivity index (χ1) is 16.7. The zero-order valence-electron chi connectivity index (χ0n) is 19.5. The summed E-state index contributed by atoms with van der Waals surface area (Å²) in [6.45, 7) is 3.92. The van der Waals surface area contributed by atoms with Crippen molar-refractivity contribution in [3.05, 3.63) is 82.0 Å². The number of hydrogen-bond acceptors (Lipinski definition) is 6. The summed E-state index contributed by atoms with van der Waals surface area (Å²) in [5, 5.41) is 2.76. The van der Waals surface area contributed by atoms with Crippen LogP contribution in [0, 0.1) is 6.92 Å². The van der Waals surface area contributed by atoms with Crippen LogP contribution >= 0.6 is 11.3 Å². The van der Waals surface area contributed by atoms with Crippen LogP contribution < -0.4 is 19.2 Å². The van der Waals surface area contributed by atoms with Gasteiger partial charge in [-0.1, -0.05) is 29.0 Å². The van der Waals surface area contributed by atoms with Gasteiger partial charge in [-0.3, -0.25) is 18.5 Å². The van der Waals surface area contributed by atoms with Gasteiger partial charge in [0.15, 0.2) is 0 Å². The van der Waals surface area contributed by atoms with Crippen LogP contribution in [0.25, 0.3) is 10.2 Å². The van der Waals surface area contributed by atoms with E-state index >= 15 is 0 Å². The van der Waals surface area contributed by atoms with E-state index in [-0.39, 0.29) is 9.77 Å². The lowest BCUT2D eigenvalue weighted by Gasteiger charge is -2.24. The Hall–Kier alpha value is -3.63. The first kappa shape index (κ1) is 24.5. The van der Waals surface area contributed by atoms with Crippen LogP contribution in [0.15, 0.2) is 76.4 Å². The highest BCUT2D eigenvalue weighted by atomic mass is 32.2. The fraction of sp³-hybridized carbons (Fsp3) is 0.200. The van der Waals surface area contributed by atoms with Crippen molar-refractivity contribution < 1.29 is 17.9 Å². The van der Waals surface area contributed by atoms with Gasteiger partial charge in [0, 0.05) is 12.2 Å². The van der Waals surface area contributed by atoms with Gasteiger partial charge in [-0.25, -0.2) is 8.42 Å². The standard InChI is InChI=1S/C25H25N3O5S2/c1-4-27-22-14-7-18(15-23(22)34-25(27)30)26-24(29)16-28(19-8-5-17(2)6-9-19)35(31,32)21-12-10-20(33-3)11-13-21/h5-15H,4,16H2,1-3H3,(H,26,29). The normalized spacial score (nSPS) is 11.4. The van der Waals surface area contributed by atoms with Crippen molar-refractivity contribution in [3.8, 4) is 5.75 Å². The lowest BCUT2D eigenvalue weighted by atomic mass is 10.2. The molecule has 0 atom stereocenters. The summed E-state index contributed by atoms with van der Waals surface area (Å²) in [7, 11) is -2.55. The van der Waals surface area contributed by atoms with Crippen molar-refractivity contribution in [1.29, 1.82) is 0 Å². The maximum Gasteiger partial charge on any atom is 0.308 e. The van der Waals surface area contributed by atoms with Gasteiger partial charge in [-0.05, 0) is 68.4 Å². The number of nitrogens with one attached hydrogen (secondary N) is 1. The maximum atomic E-state index is 13.5. The number of carbonyl (C=O) groups is 1. The molecule has 8 nitrogen and oxygen atoms in total. The molecule has 35 heavy (non-hydrogen) atoms. The van der Waals surface area contributed by atoms with E-state index in [9.17, 15) is 18.0 Å². The van der Waals surface area contributed by atoms with Crippen molar-refractivity contribution in [1.82, 2.24) is 4.57 Å². The number of amides is 1. The molecule has 0 spiro atoms. The number of nitrogens with zero attached hydrogens (tertiary/aromatic N) is 2. The number of ether oxygens (including phenoxy) is 1. The number of aryl methyl sites for hydroxylation is 2. The minimum absolute atomic E-state index is 0.0405. The van der Waals surface area contributed by atoms with Gasteiger partial charge in [0.1, 0.15) is 12.3 Å². The number of hydrogen-bond donors (Lipinski definition) is 1. The first-order valence-corrected chi connectivity index (χ1v) is 13.2. The SMILES string of the molecule is CCn1c(=O)sc2cc(NC(=O)CN(c3ccc(C)cc3)S(=O)(=O)c3ccc(OC)cc3)ccc21. The Bertz CT molecular complexity index is 1520. The van der Waals surface area contributed by atoms with Crippen molar-refractivity contribution >= 4 is 48.9 Å². The predicted molar refractivity (Wildman–Crippen MR) is 139 cm³/mol. The van der Waals surface area contributed by atoms with Gasteiger partial charge in [-0.2, -0.15) is 0 Å². The Morgan fingerprint density at radius 2 is 1.74 bits per heavy atom. The third-order valence-electron chi connectivity index (χ3n) is 5.52. The number of anilines is 2. The number of fused-ring (bicyclic) bond motifs is 1. The van der Waals surface area contributed by atoms with E-state index in [1.165, 1.54) is 19.2 Å². The van der Waals surface area contributed by atoms with E-state index in [1.807, 2.05) is 13.8 Å². The Labute approximate surface area is 207 Å². The molecule has 4 rings (SSSR count). The number of carbonyl (C=O) groups excluding carboxylic acids is 1. The third-order valence-corrected chi connectivity index (χ3v) is 8.25. The Morgan fingerprint density at radius 3 is 2.37 bits per heavy atom. The predicted octanol–water partition coefficient (Wildman–Crippen LogP) is 4.23. The summed E-state index contributed by atoms with van der Waals surface area (Å²) in [6, 6.07) is 18.1. The van der Waals surface area contributed by atoms with Crippen LogP contribution in [0.3, 0.4) is 0 Å². The number of rotatable bonds is 8. The smallest absolute Gasteiger partial charge is 0.308 e. The second-order valence-electron chi connectivity index (χ2n) is 7.87. The molecule has 0 aliphatic rings. The molecule has 4 aromatic rings. The number of aromatic nitrogens is 1. The van der Waals surface area contributed by atoms with E-state index in [0.717, 1.165) is 31.4 Å². The highest BCUT2D eigenvalue weighted by Gasteiger charge is 2.27. The average molecular weight is 512 g/mol. The van der Waals surface area contributed by atoms with E-state index in [4.69, 9.17) is 4.74 Å². The summed E-state index contributed by atoms with van der Waals surface area (Å²) in [5.41, 5.74) is 2.61. The molecule has 0 unspecified atom stereocenters. The zero-order chi connectivity index (χ0) is 25.2. The number of thiazole rings is 1. The van der Waals surface area contributed by atoms with Gasteiger partial charge in [0.25, 0.3) is 10.0 Å². The second kappa shape index (κ2) is 9.93. The molecule has 1 aromatic heterocycles. The molecule has 1 amide bonds. The lowest BCUT2D eigenvalue weighted by Crippen LogP contribution is -2.38. The van der Waals surface area contributed by atoms with Gasteiger partial charge in [-0.15, -0.1) is 0 Å². The molecule has 0 fully saturated rings. The summed E-state index contributed by atoms with van der Waals surface area (Å²) in [5.74, 6) is 0.0162. The van der Waals surface area contributed by atoms with Crippen molar-refractivity contribution in [2.45, 2.75) is 25.3 Å². The number of methoxy groups -OCH3 is 1. The van der Waals surface area contributed by atoms with Crippen molar-refractivity contribution in [3.63, 3.8) is 0 Å². The molecule has 3 aromatic carbocycles. The summed E-state index contributed by atoms with van der Waals surface area (Å²) >= 11 is 1.10. The van der Waals surface area contributed by atoms with Crippen LogP contribution in [0.5, 0.6) is 5.75 Å². The van der Waals surface area contributed by atoms with Crippen molar-refractivity contribution in [2.75, 3.05) is 23.3 Å². The average Bonchev–Trinajstić information content (AvgIpc) is 3.17. The van der Waals surface area contributed by atoms with E-state index in [1.54, 1.807) is 59.2 Å². The molecule has 0 saturated heterocycles. The molecule has 0 saturated carbocycles. The highest BCUT2D eigenvalue weighted by molar-refractivity contribution is 7.92. The Kier molecular flexibility index (Phi) is 6.95. The zero-order valence-corrected chi connectivity index (χ0v) is 21.2. The molecule has 0 radical (unpaired) electrons. The molecule has 0 aliphatic heterocycles. The number of benzene rings is 3. The topological polar surface area (TPSA) is 97.7 Å². The molecule has 1 heterocycles. The molecule has 0 bridgehead atoms. The maximum absolute atomic E-state index is 13.5. The summed E-state index contributed by atoms with van der Waals surface area (Å²) in [6.07, 6.45) is 0. The van der Waals surface area contributed by atoms with Crippen molar-refractivity contribution in [2.24, 2.45) is 0 Å². The highest BCUT2D eigenvalue weighted by Crippen LogP contribution is 2.26. The minimum Gasteiger partial charge on any atom is -0.497 e. The van der Waals surface area contributed by atoms with Crippen LogP contribution in [0.1, 0.15) is 12.5 Å². The molecular weight excluding hydrogens is 486 g/mol. The molecule has 10 heteroatoms. The molecular formula is C25H25N3O5S2. The van der Waals surface area contributed by atoms with Gasteiger partial charge < -0.3 is 10.1 Å². The van der Waals surface area contributed by atoms with Gasteiger partial charge in [0.2, 0.25) is 5.91 Å². The largest absolute Gasteiger partial charge is 0.497 e. The van der Waals surface area contributed by atoms with E-state index < -0.39 is 22.5 Å². The fourth-order valence-corrected chi connectivity index (χ4v) is 6.09. The monoisotopic (exact) mass is 511 g/mol. The summed E-state index contributed by atoms with van der Waals surface area (Å²) < 4.78 is 35.7. The van der Waals surface area contributed by atoms with E-state index in [2.05, 4.69) is 5.32 Å². The minimum atomic E-state index is -4.05. The van der Waals surface area contributed by atoms with Gasteiger partial charge in [0.05, 0.1) is 27.9 Å². The third kappa shape index (κ3) is 5.08. The van der Waals surface area contributed by atoms with Crippen LogP contribution in [-0.2, 0) is 21.4 Å². The lowest BCUT2D eigenvalue weighted by molar-refractivity contribution is -0.114. The molecule has 1 N–H and O–H groups in total. The van der Waals surface area contributed by atoms with E-state index in [0.29, 0.717) is 23.7 Å².